The number of amides is 1. The van der Waals surface area contributed by atoms with E-state index in [4.69, 9.17) is 11.6 Å². The van der Waals surface area contributed by atoms with Gasteiger partial charge in [-0.05, 0) is 51.1 Å². The summed E-state index contributed by atoms with van der Waals surface area (Å²) in [6.07, 6.45) is 5.06. The largest absolute Gasteiger partial charge is 0.347 e. The number of carbonyl (C=O) groups excluding carboxylic acids is 1. The zero-order valence-electron chi connectivity index (χ0n) is 12.8. The van der Waals surface area contributed by atoms with Gasteiger partial charge in [0, 0.05) is 17.3 Å². The average molecular weight is 375 g/mol. The van der Waals surface area contributed by atoms with Crippen LogP contribution >= 0.6 is 35.3 Å². The molecule has 3 heterocycles. The third-order valence-electron chi connectivity index (χ3n) is 4.16. The summed E-state index contributed by atoms with van der Waals surface area (Å²) in [6, 6.07) is 5.62. The van der Waals surface area contributed by atoms with Crippen molar-refractivity contribution in [1.82, 2.24) is 20.4 Å². The van der Waals surface area contributed by atoms with Crippen molar-refractivity contribution in [2.75, 3.05) is 13.1 Å². The number of thiophene rings is 1. The van der Waals surface area contributed by atoms with Crippen LogP contribution in [0, 0.1) is 0 Å². The van der Waals surface area contributed by atoms with Crippen LogP contribution in [0.2, 0.25) is 4.34 Å². The van der Waals surface area contributed by atoms with E-state index in [0.717, 1.165) is 35.1 Å². The Morgan fingerprint density at radius 1 is 1.48 bits per heavy atom. The van der Waals surface area contributed by atoms with Crippen molar-refractivity contribution in [2.24, 2.45) is 0 Å². The van der Waals surface area contributed by atoms with Crippen LogP contribution in [0.3, 0.4) is 0 Å². The maximum absolute atomic E-state index is 13.0. The normalized spacial score (nSPS) is 18.0. The van der Waals surface area contributed by atoms with Crippen LogP contribution in [-0.4, -0.2) is 28.8 Å². The van der Waals surface area contributed by atoms with Gasteiger partial charge < -0.3 is 10.6 Å². The molecule has 1 aliphatic heterocycles. The molecule has 1 atom stereocenters. The molecule has 0 radical (unpaired) electrons. The molecule has 1 fully saturated rings. The molecule has 1 aliphatic rings. The van der Waals surface area contributed by atoms with Gasteiger partial charge in [-0.3, -0.25) is 9.48 Å². The van der Waals surface area contributed by atoms with E-state index in [-0.39, 0.29) is 24.4 Å². The average Bonchev–Trinajstić information content (AvgIpc) is 3.19. The fraction of sp³-hybridized carbons (Fsp3) is 0.467. The molecule has 126 valence electrons. The first-order chi connectivity index (χ1) is 10.6. The molecule has 1 unspecified atom stereocenters. The third kappa shape index (κ3) is 3.71. The quantitative estimate of drug-likeness (QED) is 0.864. The zero-order valence-corrected chi connectivity index (χ0v) is 15.2. The molecule has 2 N–H and O–H groups in total. The number of hydrogen-bond donors (Lipinski definition) is 2. The predicted molar refractivity (Wildman–Crippen MR) is 95.4 cm³/mol. The van der Waals surface area contributed by atoms with Gasteiger partial charge in [0.2, 0.25) is 5.91 Å². The Hall–Kier alpha value is -1.08. The van der Waals surface area contributed by atoms with E-state index < -0.39 is 5.54 Å². The Balaban J connectivity index is 0.00000192. The number of nitrogens with one attached hydrogen (secondary N) is 2. The Morgan fingerprint density at radius 3 is 2.78 bits per heavy atom. The summed E-state index contributed by atoms with van der Waals surface area (Å²) in [6.45, 7) is 3.61. The van der Waals surface area contributed by atoms with Gasteiger partial charge in [-0.15, -0.1) is 23.7 Å². The highest BCUT2D eigenvalue weighted by Crippen LogP contribution is 2.30. The summed E-state index contributed by atoms with van der Waals surface area (Å²) in [5.74, 6) is 0.0229. The van der Waals surface area contributed by atoms with Crippen molar-refractivity contribution >= 4 is 41.3 Å². The number of hydrogen-bond acceptors (Lipinski definition) is 4. The van der Waals surface area contributed by atoms with Gasteiger partial charge in [0.15, 0.2) is 0 Å². The fourth-order valence-electron chi connectivity index (χ4n) is 2.89. The van der Waals surface area contributed by atoms with E-state index in [1.807, 2.05) is 31.3 Å². The summed E-state index contributed by atoms with van der Waals surface area (Å²) in [4.78, 5) is 14.0. The SMILES string of the molecule is CC(NC(=O)C1(n2cccn2)CCNCC1)c1ccc(Cl)s1.Cl. The van der Waals surface area contributed by atoms with Gasteiger partial charge in [-0.1, -0.05) is 11.6 Å². The number of carbonyl (C=O) groups is 1. The van der Waals surface area contributed by atoms with Crippen LogP contribution in [0.4, 0.5) is 0 Å². The van der Waals surface area contributed by atoms with Gasteiger partial charge in [0.1, 0.15) is 5.54 Å². The third-order valence-corrected chi connectivity index (χ3v) is 5.58. The van der Waals surface area contributed by atoms with Gasteiger partial charge in [0.25, 0.3) is 0 Å². The zero-order chi connectivity index (χ0) is 15.6. The minimum Gasteiger partial charge on any atom is -0.347 e. The summed E-state index contributed by atoms with van der Waals surface area (Å²) in [7, 11) is 0. The molecule has 0 aromatic carbocycles. The molecule has 5 nitrogen and oxygen atoms in total. The number of nitrogens with zero attached hydrogens (tertiary/aromatic N) is 2. The Kier molecular flexibility index (Phi) is 6.08. The van der Waals surface area contributed by atoms with Crippen molar-refractivity contribution < 1.29 is 4.79 Å². The molecule has 0 aliphatic carbocycles. The van der Waals surface area contributed by atoms with Crippen LogP contribution in [0.1, 0.15) is 30.7 Å². The molecule has 0 saturated carbocycles. The standard InChI is InChI=1S/C15H19ClN4OS.ClH/c1-11(12-3-4-13(16)22-12)19-14(21)15(5-8-17-9-6-15)20-10-2-7-18-20;/h2-4,7,10-11,17H,5-6,8-9H2,1H3,(H,19,21);1H. The molecule has 1 amide bonds. The molecule has 1 saturated heterocycles. The second-order valence-corrected chi connectivity index (χ2v) is 7.32. The van der Waals surface area contributed by atoms with Crippen molar-refractivity contribution in [3.05, 3.63) is 39.8 Å². The Bertz CT molecular complexity index is 638. The van der Waals surface area contributed by atoms with Crippen LogP contribution in [0.25, 0.3) is 0 Å². The lowest BCUT2D eigenvalue weighted by Gasteiger charge is -2.37. The summed E-state index contributed by atoms with van der Waals surface area (Å²) in [5, 5.41) is 10.8. The number of piperidine rings is 1. The molecule has 8 heteroatoms. The van der Waals surface area contributed by atoms with E-state index in [2.05, 4.69) is 15.7 Å². The Labute approximate surface area is 150 Å². The lowest BCUT2D eigenvalue weighted by Crippen LogP contribution is -2.54. The summed E-state index contributed by atoms with van der Waals surface area (Å²) >= 11 is 7.48. The molecule has 3 rings (SSSR count). The molecule has 2 aromatic rings. The van der Waals surface area contributed by atoms with Crippen molar-refractivity contribution in [2.45, 2.75) is 31.3 Å². The second-order valence-electron chi connectivity index (χ2n) is 5.57. The van der Waals surface area contributed by atoms with Crippen LogP contribution in [0.5, 0.6) is 0 Å². The molecule has 23 heavy (non-hydrogen) atoms. The minimum atomic E-state index is -0.607. The first-order valence-corrected chi connectivity index (χ1v) is 8.58. The second kappa shape index (κ2) is 7.66. The predicted octanol–water partition coefficient (Wildman–Crippen LogP) is 2.98. The molecule has 2 aromatic heterocycles. The van der Waals surface area contributed by atoms with E-state index in [1.54, 1.807) is 10.9 Å². The van der Waals surface area contributed by atoms with Crippen molar-refractivity contribution in [3.63, 3.8) is 0 Å². The maximum Gasteiger partial charge on any atom is 0.248 e. The topological polar surface area (TPSA) is 59.0 Å². The van der Waals surface area contributed by atoms with E-state index >= 15 is 0 Å². The monoisotopic (exact) mass is 374 g/mol. The fourth-order valence-corrected chi connectivity index (χ4v) is 3.95. The van der Waals surface area contributed by atoms with Crippen LogP contribution in [0.15, 0.2) is 30.6 Å². The van der Waals surface area contributed by atoms with Gasteiger partial charge in [-0.25, -0.2) is 0 Å². The van der Waals surface area contributed by atoms with E-state index in [9.17, 15) is 4.79 Å². The highest BCUT2D eigenvalue weighted by molar-refractivity contribution is 7.16. The van der Waals surface area contributed by atoms with E-state index in [1.165, 1.54) is 11.3 Å². The van der Waals surface area contributed by atoms with Crippen LogP contribution in [-0.2, 0) is 10.3 Å². The summed E-state index contributed by atoms with van der Waals surface area (Å²) in [5.41, 5.74) is -0.607. The van der Waals surface area contributed by atoms with Gasteiger partial charge in [0.05, 0.1) is 10.4 Å². The highest BCUT2D eigenvalue weighted by Gasteiger charge is 2.42. The molecular formula is C15H20Cl2N4OS. The van der Waals surface area contributed by atoms with Crippen molar-refractivity contribution in [3.8, 4) is 0 Å². The summed E-state index contributed by atoms with van der Waals surface area (Å²) < 4.78 is 2.54. The van der Waals surface area contributed by atoms with Crippen molar-refractivity contribution in [1.29, 1.82) is 0 Å². The lowest BCUT2D eigenvalue weighted by atomic mass is 9.87. The van der Waals surface area contributed by atoms with Crippen LogP contribution < -0.4 is 10.6 Å². The maximum atomic E-state index is 13.0. The lowest BCUT2D eigenvalue weighted by molar-refractivity contribution is -0.132. The molecule has 0 bridgehead atoms. The van der Waals surface area contributed by atoms with E-state index in [0.29, 0.717) is 0 Å². The minimum absolute atomic E-state index is 0. The molecule has 0 spiro atoms. The Morgan fingerprint density at radius 2 is 2.22 bits per heavy atom. The molecular weight excluding hydrogens is 355 g/mol. The first-order valence-electron chi connectivity index (χ1n) is 7.39. The number of halogens is 2. The van der Waals surface area contributed by atoms with Gasteiger partial charge in [-0.2, -0.15) is 5.10 Å². The first kappa shape index (κ1) is 18.3. The van der Waals surface area contributed by atoms with Gasteiger partial charge >= 0.3 is 0 Å². The highest BCUT2D eigenvalue weighted by atomic mass is 35.5. The number of aromatic nitrogens is 2. The number of rotatable bonds is 4. The smallest absolute Gasteiger partial charge is 0.248 e.